The molecule has 0 saturated carbocycles. The zero-order valence-electron chi connectivity index (χ0n) is 10.6. The van der Waals surface area contributed by atoms with Crippen LogP contribution in [0.3, 0.4) is 0 Å². The molecule has 1 saturated heterocycles. The lowest BCUT2D eigenvalue weighted by Gasteiger charge is -2.33. The first-order chi connectivity index (χ1) is 9.34. The Morgan fingerprint density at radius 2 is 1.95 bits per heavy atom. The number of nitrogens with one attached hydrogen (secondary N) is 1. The minimum absolute atomic E-state index is 0.00481. The van der Waals surface area contributed by atoms with Crippen molar-refractivity contribution in [3.8, 4) is 0 Å². The van der Waals surface area contributed by atoms with Gasteiger partial charge in [0.1, 0.15) is 11.6 Å². The van der Waals surface area contributed by atoms with Gasteiger partial charge in [-0.15, -0.1) is 0 Å². The van der Waals surface area contributed by atoms with Gasteiger partial charge >= 0.3 is 0 Å². The van der Waals surface area contributed by atoms with Crippen molar-refractivity contribution >= 4 is 0 Å². The van der Waals surface area contributed by atoms with Crippen LogP contribution in [0.2, 0.25) is 0 Å². The molecule has 1 atom stereocenters. The Balaban J connectivity index is 1.93. The lowest BCUT2D eigenvalue weighted by molar-refractivity contribution is 0.180. The summed E-state index contributed by atoms with van der Waals surface area (Å²) in [7, 11) is 0. The standard InChI is InChI=1S/C14H16FN3O/c15-12-3-1-11(2-4-12)14(13-9-17-10-19-13)18-7-5-16-6-8-18/h1-4,9-10,14,16H,5-8H2. The van der Waals surface area contributed by atoms with Gasteiger partial charge in [0.25, 0.3) is 0 Å². The van der Waals surface area contributed by atoms with Gasteiger partial charge in [0.05, 0.1) is 12.2 Å². The van der Waals surface area contributed by atoms with Crippen molar-refractivity contribution < 1.29 is 8.81 Å². The van der Waals surface area contributed by atoms with Crippen LogP contribution < -0.4 is 5.32 Å². The van der Waals surface area contributed by atoms with E-state index in [1.807, 2.05) is 12.1 Å². The van der Waals surface area contributed by atoms with Crippen LogP contribution in [0.4, 0.5) is 4.39 Å². The Labute approximate surface area is 111 Å². The summed E-state index contributed by atoms with van der Waals surface area (Å²) in [5.74, 6) is 0.578. The number of halogens is 1. The summed E-state index contributed by atoms with van der Waals surface area (Å²) in [6.45, 7) is 3.77. The van der Waals surface area contributed by atoms with Gasteiger partial charge < -0.3 is 9.73 Å². The highest BCUT2D eigenvalue weighted by atomic mass is 19.1. The molecule has 100 valence electrons. The van der Waals surface area contributed by atoms with Crippen molar-refractivity contribution in [3.05, 3.63) is 54.0 Å². The van der Waals surface area contributed by atoms with E-state index < -0.39 is 0 Å². The highest BCUT2D eigenvalue weighted by molar-refractivity contribution is 5.26. The fourth-order valence-corrected chi connectivity index (χ4v) is 2.50. The van der Waals surface area contributed by atoms with Gasteiger partial charge in [-0.2, -0.15) is 0 Å². The fourth-order valence-electron chi connectivity index (χ4n) is 2.50. The maximum absolute atomic E-state index is 13.1. The summed E-state index contributed by atoms with van der Waals surface area (Å²) in [6.07, 6.45) is 3.17. The van der Waals surface area contributed by atoms with Crippen LogP contribution in [0.1, 0.15) is 17.4 Å². The van der Waals surface area contributed by atoms with E-state index >= 15 is 0 Å². The van der Waals surface area contributed by atoms with Crippen LogP contribution in [0.15, 0.2) is 41.3 Å². The summed E-state index contributed by atoms with van der Waals surface area (Å²) in [6, 6.07) is 6.60. The summed E-state index contributed by atoms with van der Waals surface area (Å²) in [5, 5.41) is 3.33. The number of piperazine rings is 1. The van der Waals surface area contributed by atoms with E-state index in [0.29, 0.717) is 0 Å². The lowest BCUT2D eigenvalue weighted by Crippen LogP contribution is -2.45. The molecular formula is C14H16FN3O. The number of hydrogen-bond acceptors (Lipinski definition) is 4. The topological polar surface area (TPSA) is 41.3 Å². The van der Waals surface area contributed by atoms with E-state index in [1.54, 1.807) is 6.20 Å². The van der Waals surface area contributed by atoms with Crippen LogP contribution in [0.25, 0.3) is 0 Å². The van der Waals surface area contributed by atoms with Crippen molar-refractivity contribution in [1.29, 1.82) is 0 Å². The zero-order valence-corrected chi connectivity index (χ0v) is 10.6. The zero-order chi connectivity index (χ0) is 13.1. The predicted octanol–water partition coefficient (Wildman–Crippen LogP) is 1.81. The van der Waals surface area contributed by atoms with Gasteiger partial charge in [-0.05, 0) is 17.7 Å². The van der Waals surface area contributed by atoms with Crippen molar-refractivity contribution in [2.24, 2.45) is 0 Å². The Morgan fingerprint density at radius 1 is 1.21 bits per heavy atom. The molecule has 1 aromatic carbocycles. The van der Waals surface area contributed by atoms with Crippen LogP contribution >= 0.6 is 0 Å². The van der Waals surface area contributed by atoms with E-state index in [2.05, 4.69) is 15.2 Å². The average molecular weight is 261 g/mol. The molecule has 0 bridgehead atoms. The van der Waals surface area contributed by atoms with E-state index in [1.165, 1.54) is 18.5 Å². The number of benzene rings is 1. The molecule has 4 nitrogen and oxygen atoms in total. The molecule has 1 aromatic heterocycles. The molecule has 1 fully saturated rings. The minimum Gasteiger partial charge on any atom is -0.446 e. The van der Waals surface area contributed by atoms with Gasteiger partial charge in [-0.3, -0.25) is 4.90 Å². The molecule has 19 heavy (non-hydrogen) atoms. The van der Waals surface area contributed by atoms with Crippen molar-refractivity contribution in [2.75, 3.05) is 26.2 Å². The van der Waals surface area contributed by atoms with Crippen LogP contribution in [0.5, 0.6) is 0 Å². The van der Waals surface area contributed by atoms with Crippen molar-refractivity contribution in [1.82, 2.24) is 15.2 Å². The second kappa shape index (κ2) is 5.50. The SMILES string of the molecule is Fc1ccc(C(c2cnco2)N2CCNCC2)cc1. The molecule has 0 spiro atoms. The van der Waals surface area contributed by atoms with E-state index in [4.69, 9.17) is 4.42 Å². The fraction of sp³-hybridized carbons (Fsp3) is 0.357. The van der Waals surface area contributed by atoms with Gasteiger partial charge in [0.2, 0.25) is 0 Å². The number of oxazole rings is 1. The number of aromatic nitrogens is 1. The van der Waals surface area contributed by atoms with Gasteiger partial charge in [0, 0.05) is 26.2 Å². The minimum atomic E-state index is -0.222. The molecular weight excluding hydrogens is 245 g/mol. The third-order valence-corrected chi connectivity index (χ3v) is 3.42. The second-order valence-electron chi connectivity index (χ2n) is 4.64. The highest BCUT2D eigenvalue weighted by Gasteiger charge is 2.26. The second-order valence-corrected chi connectivity index (χ2v) is 4.64. The largest absolute Gasteiger partial charge is 0.446 e. The Bertz CT molecular complexity index is 506. The number of rotatable bonds is 3. The Hall–Kier alpha value is -1.72. The molecule has 5 heteroatoms. The van der Waals surface area contributed by atoms with Crippen molar-refractivity contribution in [2.45, 2.75) is 6.04 Å². The first-order valence-electron chi connectivity index (χ1n) is 6.43. The molecule has 2 aromatic rings. The molecule has 0 aliphatic carbocycles. The highest BCUT2D eigenvalue weighted by Crippen LogP contribution is 2.28. The third kappa shape index (κ3) is 2.67. The molecule has 0 amide bonds. The normalized spacial score (nSPS) is 18.4. The molecule has 1 unspecified atom stereocenters. The molecule has 1 aliphatic heterocycles. The Kier molecular flexibility index (Phi) is 3.57. The van der Waals surface area contributed by atoms with Crippen LogP contribution in [-0.2, 0) is 0 Å². The maximum Gasteiger partial charge on any atom is 0.180 e. The number of nitrogens with zero attached hydrogens (tertiary/aromatic N) is 2. The Morgan fingerprint density at radius 3 is 2.58 bits per heavy atom. The summed E-state index contributed by atoms with van der Waals surface area (Å²) < 4.78 is 18.5. The third-order valence-electron chi connectivity index (χ3n) is 3.42. The summed E-state index contributed by atoms with van der Waals surface area (Å²) in [5.41, 5.74) is 1.03. The molecule has 3 rings (SSSR count). The molecule has 1 aliphatic rings. The van der Waals surface area contributed by atoms with E-state index in [-0.39, 0.29) is 11.9 Å². The smallest absolute Gasteiger partial charge is 0.180 e. The van der Waals surface area contributed by atoms with Gasteiger partial charge in [-0.25, -0.2) is 9.37 Å². The monoisotopic (exact) mass is 261 g/mol. The first kappa shape index (κ1) is 12.3. The van der Waals surface area contributed by atoms with E-state index in [0.717, 1.165) is 37.5 Å². The predicted molar refractivity (Wildman–Crippen MR) is 69.2 cm³/mol. The van der Waals surface area contributed by atoms with Crippen LogP contribution in [-0.4, -0.2) is 36.1 Å². The van der Waals surface area contributed by atoms with E-state index in [9.17, 15) is 4.39 Å². The molecule has 1 N–H and O–H groups in total. The summed E-state index contributed by atoms with van der Waals surface area (Å²) >= 11 is 0. The average Bonchev–Trinajstić information content (AvgIpc) is 2.96. The first-order valence-corrected chi connectivity index (χ1v) is 6.43. The van der Waals surface area contributed by atoms with Gasteiger partial charge in [-0.1, -0.05) is 12.1 Å². The van der Waals surface area contributed by atoms with Gasteiger partial charge in [0.15, 0.2) is 6.39 Å². The lowest BCUT2D eigenvalue weighted by atomic mass is 10.0. The number of hydrogen-bond donors (Lipinski definition) is 1. The quantitative estimate of drug-likeness (QED) is 0.915. The maximum atomic E-state index is 13.1. The van der Waals surface area contributed by atoms with Crippen LogP contribution in [0, 0.1) is 5.82 Å². The van der Waals surface area contributed by atoms with Crippen molar-refractivity contribution in [3.63, 3.8) is 0 Å². The summed E-state index contributed by atoms with van der Waals surface area (Å²) in [4.78, 5) is 6.32. The molecule has 0 radical (unpaired) electrons. The molecule has 2 heterocycles.